The molecule has 19 heavy (non-hydrogen) atoms. The maximum absolute atomic E-state index is 13.3. The van der Waals surface area contributed by atoms with Crippen LogP contribution < -0.4 is 5.73 Å². The van der Waals surface area contributed by atoms with Gasteiger partial charge in [-0.2, -0.15) is 5.10 Å². The van der Waals surface area contributed by atoms with Gasteiger partial charge in [-0.15, -0.1) is 0 Å². The van der Waals surface area contributed by atoms with Crippen LogP contribution in [0.4, 0.5) is 8.78 Å². The van der Waals surface area contributed by atoms with E-state index in [-0.39, 0.29) is 6.04 Å². The normalized spacial score (nSPS) is 13.0. The molecular formula is C13H14BrF2N3. The van der Waals surface area contributed by atoms with Gasteiger partial charge in [0.25, 0.3) is 0 Å². The quantitative estimate of drug-likeness (QED) is 0.935. The van der Waals surface area contributed by atoms with Crippen LogP contribution in [0.15, 0.2) is 28.9 Å². The second-order valence-corrected chi connectivity index (χ2v) is 5.42. The zero-order chi connectivity index (χ0) is 14.2. The Morgan fingerprint density at radius 2 is 1.95 bits per heavy atom. The first kappa shape index (κ1) is 14.1. The molecule has 0 radical (unpaired) electrons. The first-order chi connectivity index (χ1) is 8.91. The van der Waals surface area contributed by atoms with Gasteiger partial charge in [-0.3, -0.25) is 4.68 Å². The summed E-state index contributed by atoms with van der Waals surface area (Å²) < 4.78 is 28.7. The van der Waals surface area contributed by atoms with Crippen LogP contribution in [0.2, 0.25) is 0 Å². The van der Waals surface area contributed by atoms with E-state index in [0.29, 0.717) is 5.56 Å². The predicted octanol–water partition coefficient (Wildman–Crippen LogP) is 3.55. The van der Waals surface area contributed by atoms with Crippen LogP contribution in [0.3, 0.4) is 0 Å². The number of halogens is 3. The van der Waals surface area contributed by atoms with Gasteiger partial charge in [-0.25, -0.2) is 8.78 Å². The summed E-state index contributed by atoms with van der Waals surface area (Å²) in [5.74, 6) is -1.79. The van der Waals surface area contributed by atoms with E-state index in [4.69, 9.17) is 5.73 Å². The van der Waals surface area contributed by atoms with Crippen molar-refractivity contribution in [2.24, 2.45) is 5.73 Å². The van der Waals surface area contributed by atoms with E-state index in [1.165, 1.54) is 6.07 Å². The van der Waals surface area contributed by atoms with Gasteiger partial charge in [0.05, 0.1) is 22.4 Å². The molecular weight excluding hydrogens is 316 g/mol. The molecule has 2 rings (SSSR count). The minimum Gasteiger partial charge on any atom is -0.319 e. The fraction of sp³-hybridized carbons (Fsp3) is 0.308. The number of hydrogen-bond donors (Lipinski definition) is 1. The summed E-state index contributed by atoms with van der Waals surface area (Å²) in [4.78, 5) is 0. The molecule has 3 nitrogen and oxygen atoms in total. The van der Waals surface area contributed by atoms with Gasteiger partial charge in [0, 0.05) is 6.04 Å². The molecule has 0 bridgehead atoms. The van der Waals surface area contributed by atoms with Crippen molar-refractivity contribution in [3.05, 3.63) is 51.8 Å². The van der Waals surface area contributed by atoms with E-state index in [1.54, 1.807) is 10.9 Å². The third-order valence-corrected chi connectivity index (χ3v) is 3.48. The highest BCUT2D eigenvalue weighted by Gasteiger charge is 2.20. The van der Waals surface area contributed by atoms with Crippen molar-refractivity contribution >= 4 is 15.9 Å². The molecule has 0 aliphatic rings. The molecule has 0 fully saturated rings. The molecule has 2 N–H and O–H groups in total. The van der Waals surface area contributed by atoms with Gasteiger partial charge in [0.2, 0.25) is 0 Å². The second-order valence-electron chi connectivity index (χ2n) is 4.57. The topological polar surface area (TPSA) is 43.8 Å². The largest absolute Gasteiger partial charge is 0.319 e. The highest BCUT2D eigenvalue weighted by atomic mass is 79.9. The zero-order valence-corrected chi connectivity index (χ0v) is 12.2. The molecule has 0 aliphatic heterocycles. The predicted molar refractivity (Wildman–Crippen MR) is 72.7 cm³/mol. The second kappa shape index (κ2) is 5.38. The number of rotatable bonds is 3. The van der Waals surface area contributed by atoms with E-state index in [1.807, 2.05) is 13.8 Å². The molecule has 102 valence electrons. The molecule has 0 aliphatic carbocycles. The Kier molecular flexibility index (Phi) is 4.01. The molecule has 1 aromatic carbocycles. The molecule has 0 spiro atoms. The van der Waals surface area contributed by atoms with Crippen LogP contribution in [0.25, 0.3) is 0 Å². The summed E-state index contributed by atoms with van der Waals surface area (Å²) in [6, 6.07) is 3.22. The van der Waals surface area contributed by atoms with Gasteiger partial charge in [-0.05, 0) is 47.5 Å². The molecule has 0 saturated heterocycles. The van der Waals surface area contributed by atoms with Crippen LogP contribution in [0.1, 0.15) is 37.2 Å². The Hall–Kier alpha value is -1.27. The lowest BCUT2D eigenvalue weighted by atomic mass is 10.0. The Bertz CT molecular complexity index is 596. The van der Waals surface area contributed by atoms with Crippen molar-refractivity contribution in [3.63, 3.8) is 0 Å². The van der Waals surface area contributed by atoms with Crippen LogP contribution >= 0.6 is 15.9 Å². The number of aromatic nitrogens is 2. The summed E-state index contributed by atoms with van der Waals surface area (Å²) in [6.07, 6.45) is 1.65. The van der Waals surface area contributed by atoms with E-state index in [0.717, 1.165) is 22.3 Å². The van der Waals surface area contributed by atoms with Crippen LogP contribution in [-0.2, 0) is 0 Å². The minimum absolute atomic E-state index is 0.123. The first-order valence-electron chi connectivity index (χ1n) is 5.85. The standard InChI is InChI=1S/C13H14BrF2N3/c1-7(2)19-13(9(14)6-18-19)12(17)8-3-4-10(15)11(16)5-8/h3-7,12H,17H2,1-2H3. The molecule has 1 atom stereocenters. The van der Waals surface area contributed by atoms with Gasteiger partial charge < -0.3 is 5.73 Å². The lowest BCUT2D eigenvalue weighted by molar-refractivity contribution is 0.492. The summed E-state index contributed by atoms with van der Waals surface area (Å²) >= 11 is 3.39. The average molecular weight is 330 g/mol. The fourth-order valence-corrected chi connectivity index (χ4v) is 2.44. The number of nitrogens with two attached hydrogens (primary N) is 1. The van der Waals surface area contributed by atoms with Crippen LogP contribution in [0.5, 0.6) is 0 Å². The summed E-state index contributed by atoms with van der Waals surface area (Å²) in [6.45, 7) is 3.95. The number of nitrogens with zero attached hydrogens (tertiary/aromatic N) is 2. The first-order valence-corrected chi connectivity index (χ1v) is 6.64. The van der Waals surface area contributed by atoms with Gasteiger partial charge in [0.1, 0.15) is 0 Å². The van der Waals surface area contributed by atoms with Gasteiger partial charge in [0.15, 0.2) is 11.6 Å². The Morgan fingerprint density at radius 3 is 2.53 bits per heavy atom. The average Bonchev–Trinajstić information content (AvgIpc) is 2.74. The van der Waals surface area contributed by atoms with Crippen molar-refractivity contribution in [3.8, 4) is 0 Å². The van der Waals surface area contributed by atoms with Crippen LogP contribution in [-0.4, -0.2) is 9.78 Å². The summed E-state index contributed by atoms with van der Waals surface area (Å²) in [5, 5.41) is 4.22. The third-order valence-electron chi connectivity index (χ3n) is 2.87. The monoisotopic (exact) mass is 329 g/mol. The fourth-order valence-electron chi connectivity index (χ4n) is 1.92. The molecule has 6 heteroatoms. The summed E-state index contributed by atoms with van der Waals surface area (Å²) in [5.41, 5.74) is 7.38. The molecule has 1 aromatic heterocycles. The van der Waals surface area contributed by atoms with Crippen molar-refractivity contribution in [2.75, 3.05) is 0 Å². The number of benzene rings is 1. The molecule has 2 aromatic rings. The molecule has 0 amide bonds. The lowest BCUT2D eigenvalue weighted by Gasteiger charge is -2.18. The van der Waals surface area contributed by atoms with E-state index >= 15 is 0 Å². The maximum atomic E-state index is 13.3. The highest BCUT2D eigenvalue weighted by Crippen LogP contribution is 2.29. The van der Waals surface area contributed by atoms with Crippen molar-refractivity contribution in [1.82, 2.24) is 9.78 Å². The van der Waals surface area contributed by atoms with Crippen LogP contribution in [0, 0.1) is 11.6 Å². The Balaban J connectivity index is 2.46. The zero-order valence-electron chi connectivity index (χ0n) is 10.6. The smallest absolute Gasteiger partial charge is 0.159 e. The van der Waals surface area contributed by atoms with Crippen molar-refractivity contribution in [2.45, 2.75) is 25.9 Å². The third kappa shape index (κ3) is 2.69. The van der Waals surface area contributed by atoms with Gasteiger partial charge >= 0.3 is 0 Å². The Labute approximate surface area is 118 Å². The number of hydrogen-bond acceptors (Lipinski definition) is 2. The van der Waals surface area contributed by atoms with E-state index in [2.05, 4.69) is 21.0 Å². The summed E-state index contributed by atoms with van der Waals surface area (Å²) in [7, 11) is 0. The minimum atomic E-state index is -0.903. The molecule has 1 unspecified atom stereocenters. The lowest BCUT2D eigenvalue weighted by Crippen LogP contribution is -2.19. The van der Waals surface area contributed by atoms with E-state index < -0.39 is 17.7 Å². The van der Waals surface area contributed by atoms with E-state index in [9.17, 15) is 8.78 Å². The molecule has 0 saturated carbocycles. The van der Waals surface area contributed by atoms with Gasteiger partial charge in [-0.1, -0.05) is 6.07 Å². The molecule has 1 heterocycles. The SMILES string of the molecule is CC(C)n1ncc(Br)c1C(N)c1ccc(F)c(F)c1. The maximum Gasteiger partial charge on any atom is 0.159 e. The van der Waals surface area contributed by atoms with Crippen molar-refractivity contribution < 1.29 is 8.78 Å². The highest BCUT2D eigenvalue weighted by molar-refractivity contribution is 9.10. The Morgan fingerprint density at radius 1 is 1.26 bits per heavy atom. The van der Waals surface area contributed by atoms with Crippen molar-refractivity contribution in [1.29, 1.82) is 0 Å².